The minimum Gasteiger partial charge on any atom is -0.350 e. The molecule has 138 valence electrons. The molecule has 1 aliphatic rings. The van der Waals surface area contributed by atoms with Crippen molar-refractivity contribution < 1.29 is 9.59 Å². The molecule has 25 heavy (non-hydrogen) atoms. The summed E-state index contributed by atoms with van der Waals surface area (Å²) in [7, 11) is 1.70. The van der Waals surface area contributed by atoms with Crippen LogP contribution in [-0.4, -0.2) is 59.9 Å². The lowest BCUT2D eigenvalue weighted by atomic mass is 10.0. The summed E-state index contributed by atoms with van der Waals surface area (Å²) in [4.78, 5) is 28.3. The van der Waals surface area contributed by atoms with E-state index in [9.17, 15) is 9.59 Å². The average Bonchev–Trinajstić information content (AvgIpc) is 2.93. The van der Waals surface area contributed by atoms with Crippen LogP contribution in [0.2, 0.25) is 0 Å². The molecular formula is C20H31N3O2. The van der Waals surface area contributed by atoms with Crippen molar-refractivity contribution >= 4 is 11.8 Å². The number of carbonyl (C=O) groups excluding carboxylic acids is 2. The maximum atomic E-state index is 12.5. The molecule has 0 aliphatic carbocycles. The Morgan fingerprint density at radius 3 is 2.56 bits per heavy atom. The molecule has 0 bridgehead atoms. The zero-order valence-corrected chi connectivity index (χ0v) is 15.9. The number of likely N-dealkylation sites (tertiary alicyclic amines) is 1. The molecule has 1 aromatic carbocycles. The second-order valence-electron chi connectivity index (χ2n) is 8.00. The lowest BCUT2D eigenvalue weighted by Crippen LogP contribution is -2.48. The van der Waals surface area contributed by atoms with Gasteiger partial charge < -0.3 is 10.2 Å². The fourth-order valence-electron chi connectivity index (χ4n) is 3.28. The number of rotatable bonds is 6. The Morgan fingerprint density at radius 1 is 1.24 bits per heavy atom. The summed E-state index contributed by atoms with van der Waals surface area (Å²) in [6, 6.07) is 10.8. The Kier molecular flexibility index (Phi) is 6.59. The Bertz CT molecular complexity index is 580. The number of hydrogen-bond donors (Lipinski definition) is 1. The third-order valence-electron chi connectivity index (χ3n) is 4.47. The molecule has 1 aromatic rings. The van der Waals surface area contributed by atoms with Gasteiger partial charge in [0, 0.05) is 18.6 Å². The molecule has 1 heterocycles. The molecule has 0 spiro atoms. The quantitative estimate of drug-likeness (QED) is 0.859. The van der Waals surface area contributed by atoms with Gasteiger partial charge in [-0.25, -0.2) is 0 Å². The van der Waals surface area contributed by atoms with Crippen molar-refractivity contribution in [3.63, 3.8) is 0 Å². The summed E-state index contributed by atoms with van der Waals surface area (Å²) >= 11 is 0. The Morgan fingerprint density at radius 2 is 1.92 bits per heavy atom. The normalized spacial score (nSPS) is 18.2. The highest BCUT2D eigenvalue weighted by atomic mass is 16.2. The van der Waals surface area contributed by atoms with E-state index in [2.05, 4.69) is 34.5 Å². The maximum absolute atomic E-state index is 12.5. The van der Waals surface area contributed by atoms with Crippen LogP contribution >= 0.6 is 0 Å². The number of benzene rings is 1. The van der Waals surface area contributed by atoms with E-state index in [1.807, 2.05) is 26.8 Å². The van der Waals surface area contributed by atoms with Gasteiger partial charge >= 0.3 is 0 Å². The van der Waals surface area contributed by atoms with E-state index in [0.29, 0.717) is 12.6 Å². The van der Waals surface area contributed by atoms with Gasteiger partial charge in [0.1, 0.15) is 0 Å². The zero-order valence-electron chi connectivity index (χ0n) is 15.9. The first-order valence-electron chi connectivity index (χ1n) is 9.07. The van der Waals surface area contributed by atoms with Crippen LogP contribution in [0.25, 0.3) is 0 Å². The number of nitrogens with zero attached hydrogens (tertiary/aromatic N) is 2. The number of nitrogens with one attached hydrogen (secondary N) is 1. The van der Waals surface area contributed by atoms with E-state index >= 15 is 0 Å². The molecule has 1 atom stereocenters. The van der Waals surface area contributed by atoms with Crippen LogP contribution in [0.5, 0.6) is 0 Å². The average molecular weight is 345 g/mol. The van der Waals surface area contributed by atoms with Crippen molar-refractivity contribution in [3.05, 3.63) is 35.9 Å². The topological polar surface area (TPSA) is 52.7 Å². The van der Waals surface area contributed by atoms with E-state index in [1.165, 1.54) is 10.5 Å². The number of likely N-dealkylation sites (N-methyl/N-ethyl adjacent to an activating group) is 1. The van der Waals surface area contributed by atoms with Crippen LogP contribution < -0.4 is 5.32 Å². The predicted molar refractivity (Wildman–Crippen MR) is 100 cm³/mol. The van der Waals surface area contributed by atoms with Gasteiger partial charge in [-0.3, -0.25) is 14.5 Å². The molecule has 0 radical (unpaired) electrons. The van der Waals surface area contributed by atoms with E-state index < -0.39 is 0 Å². The fraction of sp³-hybridized carbons (Fsp3) is 0.600. The van der Waals surface area contributed by atoms with Crippen molar-refractivity contribution in [3.8, 4) is 0 Å². The van der Waals surface area contributed by atoms with Gasteiger partial charge in [0.2, 0.25) is 11.8 Å². The molecule has 1 fully saturated rings. The molecule has 0 saturated carbocycles. The van der Waals surface area contributed by atoms with E-state index in [1.54, 1.807) is 7.05 Å². The number of carbonyl (C=O) groups is 2. The molecule has 1 aliphatic heterocycles. The van der Waals surface area contributed by atoms with Crippen LogP contribution in [0.3, 0.4) is 0 Å². The second kappa shape index (κ2) is 8.48. The van der Waals surface area contributed by atoms with Crippen LogP contribution in [0.15, 0.2) is 30.3 Å². The van der Waals surface area contributed by atoms with Crippen molar-refractivity contribution in [1.82, 2.24) is 15.1 Å². The summed E-state index contributed by atoms with van der Waals surface area (Å²) in [5.74, 6) is -0.116. The summed E-state index contributed by atoms with van der Waals surface area (Å²) in [6.45, 7) is 7.25. The lowest BCUT2D eigenvalue weighted by molar-refractivity contribution is -0.136. The first-order chi connectivity index (χ1) is 11.7. The monoisotopic (exact) mass is 345 g/mol. The molecule has 0 aromatic heterocycles. The van der Waals surface area contributed by atoms with Gasteiger partial charge in [-0.05, 0) is 52.1 Å². The van der Waals surface area contributed by atoms with Crippen molar-refractivity contribution in [2.45, 2.75) is 51.6 Å². The smallest absolute Gasteiger partial charge is 0.240 e. The molecule has 2 amide bonds. The molecule has 1 N–H and O–H groups in total. The molecule has 5 heteroatoms. The van der Waals surface area contributed by atoms with E-state index in [-0.39, 0.29) is 23.9 Å². The van der Waals surface area contributed by atoms with Crippen LogP contribution in [0, 0.1) is 0 Å². The fourth-order valence-corrected chi connectivity index (χ4v) is 3.28. The largest absolute Gasteiger partial charge is 0.350 e. The highest BCUT2D eigenvalue weighted by Crippen LogP contribution is 2.21. The zero-order chi connectivity index (χ0) is 18.4. The first kappa shape index (κ1) is 19.4. The van der Waals surface area contributed by atoms with Gasteiger partial charge in [-0.2, -0.15) is 0 Å². The standard InChI is InChI=1S/C20H31N3O2/c1-20(2,3)21-18(24)14-22(4)19(25)15-23-12-8-11-17(23)13-16-9-6-5-7-10-16/h5-7,9-10,17H,8,11-15H2,1-4H3,(H,21,24). The van der Waals surface area contributed by atoms with Gasteiger partial charge in [-0.1, -0.05) is 30.3 Å². The van der Waals surface area contributed by atoms with Gasteiger partial charge in [0.05, 0.1) is 13.1 Å². The van der Waals surface area contributed by atoms with Crippen molar-refractivity contribution in [2.24, 2.45) is 0 Å². The third kappa shape index (κ3) is 6.50. The maximum Gasteiger partial charge on any atom is 0.240 e. The molecule has 2 rings (SSSR count). The number of hydrogen-bond acceptors (Lipinski definition) is 3. The first-order valence-corrected chi connectivity index (χ1v) is 9.07. The van der Waals surface area contributed by atoms with E-state index in [0.717, 1.165) is 25.8 Å². The molecular weight excluding hydrogens is 314 g/mol. The minimum atomic E-state index is -0.281. The SMILES string of the molecule is CN(CC(=O)NC(C)(C)C)C(=O)CN1CCCC1Cc1ccccc1. The highest BCUT2D eigenvalue weighted by molar-refractivity contribution is 5.85. The Labute approximate surface area is 151 Å². The minimum absolute atomic E-state index is 0.00372. The Hall–Kier alpha value is -1.88. The summed E-state index contributed by atoms with van der Waals surface area (Å²) in [5, 5.41) is 2.89. The third-order valence-corrected chi connectivity index (χ3v) is 4.47. The molecule has 1 unspecified atom stereocenters. The second-order valence-corrected chi connectivity index (χ2v) is 8.00. The van der Waals surface area contributed by atoms with Crippen molar-refractivity contribution in [1.29, 1.82) is 0 Å². The lowest BCUT2D eigenvalue weighted by Gasteiger charge is -2.27. The predicted octanol–water partition coefficient (Wildman–Crippen LogP) is 2.07. The van der Waals surface area contributed by atoms with Gasteiger partial charge in [0.15, 0.2) is 0 Å². The Balaban J connectivity index is 1.85. The van der Waals surface area contributed by atoms with Gasteiger partial charge in [0.25, 0.3) is 0 Å². The highest BCUT2D eigenvalue weighted by Gasteiger charge is 2.28. The molecule has 5 nitrogen and oxygen atoms in total. The van der Waals surface area contributed by atoms with E-state index in [4.69, 9.17) is 0 Å². The summed E-state index contributed by atoms with van der Waals surface area (Å²) < 4.78 is 0. The number of amides is 2. The van der Waals surface area contributed by atoms with Gasteiger partial charge in [-0.15, -0.1) is 0 Å². The molecule has 1 saturated heterocycles. The van der Waals surface area contributed by atoms with Crippen LogP contribution in [0.1, 0.15) is 39.2 Å². The van der Waals surface area contributed by atoms with Crippen LogP contribution in [0.4, 0.5) is 0 Å². The van der Waals surface area contributed by atoms with Crippen molar-refractivity contribution in [2.75, 3.05) is 26.7 Å². The summed E-state index contributed by atoms with van der Waals surface area (Å²) in [6.07, 6.45) is 3.22. The summed E-state index contributed by atoms with van der Waals surface area (Å²) in [5.41, 5.74) is 1.03. The van der Waals surface area contributed by atoms with Crippen LogP contribution in [-0.2, 0) is 16.0 Å².